The average Bonchev–Trinajstić information content (AvgIpc) is 3.02. The first kappa shape index (κ1) is 24.1. The van der Waals surface area contributed by atoms with E-state index in [1.54, 1.807) is 27.8 Å². The molecule has 1 fully saturated rings. The third kappa shape index (κ3) is 5.11. The van der Waals surface area contributed by atoms with Crippen molar-refractivity contribution in [1.29, 1.82) is 0 Å². The van der Waals surface area contributed by atoms with E-state index < -0.39 is 35.3 Å². The maximum atomic E-state index is 13.5. The van der Waals surface area contributed by atoms with Gasteiger partial charge in [0.05, 0.1) is 17.2 Å². The van der Waals surface area contributed by atoms with E-state index in [2.05, 4.69) is 5.32 Å². The second-order valence-electron chi connectivity index (χ2n) is 7.98. The molecule has 0 aliphatic carbocycles. The maximum Gasteiger partial charge on any atom is 0.335 e. The molecule has 1 saturated heterocycles. The number of carbonyl (C=O) groups excluding carboxylic acids is 4. The van der Waals surface area contributed by atoms with E-state index in [1.165, 1.54) is 22.8 Å². The Balaban J connectivity index is 1.73. The first-order valence-electron chi connectivity index (χ1n) is 10.5. The van der Waals surface area contributed by atoms with Gasteiger partial charge in [-0.1, -0.05) is 0 Å². The second kappa shape index (κ2) is 9.95. The predicted molar refractivity (Wildman–Crippen MR) is 116 cm³/mol. The first-order valence-corrected chi connectivity index (χ1v) is 10.5. The van der Waals surface area contributed by atoms with Crippen LogP contribution in [0.15, 0.2) is 18.2 Å². The van der Waals surface area contributed by atoms with E-state index in [9.17, 15) is 23.6 Å². The fraction of sp³-hybridized carbons (Fsp3) is 0.391. The molecule has 1 aromatic carbocycles. The fourth-order valence-corrected chi connectivity index (χ4v) is 3.82. The molecular formula is C23H26FN3O6. The van der Waals surface area contributed by atoms with Crippen LogP contribution in [0.25, 0.3) is 0 Å². The van der Waals surface area contributed by atoms with Crippen LogP contribution in [0.4, 0.5) is 10.1 Å². The summed E-state index contributed by atoms with van der Waals surface area (Å²) < 4.78 is 20.1. The van der Waals surface area contributed by atoms with Gasteiger partial charge in [-0.25, -0.2) is 9.18 Å². The predicted octanol–water partition coefficient (Wildman–Crippen LogP) is 2.53. The molecule has 1 aliphatic rings. The molecule has 33 heavy (non-hydrogen) atoms. The highest BCUT2D eigenvalue weighted by Crippen LogP contribution is 2.24. The number of halogens is 1. The summed E-state index contributed by atoms with van der Waals surface area (Å²) in [6.45, 7) is 5.62. The van der Waals surface area contributed by atoms with Crippen LogP contribution < -0.4 is 10.8 Å². The van der Waals surface area contributed by atoms with E-state index in [0.29, 0.717) is 48.6 Å². The molecule has 176 valence electrons. The van der Waals surface area contributed by atoms with E-state index in [1.807, 2.05) is 5.48 Å². The lowest BCUT2D eigenvalue weighted by Crippen LogP contribution is -2.37. The lowest BCUT2D eigenvalue weighted by Gasteiger charge is -2.19. The standard InChI is InChI=1S/C23H26FN3O6/c1-12-11-16(5-6-17(12)24)25-21(29)18-13(2)19(27(4)14(18)3)20(28)22(30)26-33-23(31)15-7-9-32-10-8-15/h5-6,11,15H,7-10H2,1-4H3,(H,25,29)(H,26,30). The third-order valence-corrected chi connectivity index (χ3v) is 5.79. The Morgan fingerprint density at radius 1 is 1.12 bits per heavy atom. The number of nitrogens with zero attached hydrogens (tertiary/aromatic N) is 1. The van der Waals surface area contributed by atoms with Crippen LogP contribution in [0.2, 0.25) is 0 Å². The first-order chi connectivity index (χ1) is 15.6. The normalized spacial score (nSPS) is 14.0. The van der Waals surface area contributed by atoms with Crippen LogP contribution in [0.5, 0.6) is 0 Å². The van der Waals surface area contributed by atoms with Crippen molar-refractivity contribution < 1.29 is 33.1 Å². The Morgan fingerprint density at radius 3 is 2.42 bits per heavy atom. The number of anilines is 1. The summed E-state index contributed by atoms with van der Waals surface area (Å²) in [4.78, 5) is 54.9. The summed E-state index contributed by atoms with van der Waals surface area (Å²) in [5.74, 6) is -4.00. The molecule has 0 unspecified atom stereocenters. The summed E-state index contributed by atoms with van der Waals surface area (Å²) >= 11 is 0. The Morgan fingerprint density at radius 2 is 1.79 bits per heavy atom. The molecule has 0 atom stereocenters. The number of hydroxylamine groups is 1. The summed E-state index contributed by atoms with van der Waals surface area (Å²) in [7, 11) is 1.55. The van der Waals surface area contributed by atoms with Crippen molar-refractivity contribution in [3.8, 4) is 0 Å². The third-order valence-electron chi connectivity index (χ3n) is 5.79. The smallest absolute Gasteiger partial charge is 0.335 e. The average molecular weight is 459 g/mol. The van der Waals surface area contributed by atoms with Crippen LogP contribution in [-0.2, 0) is 26.2 Å². The molecule has 2 N–H and O–H groups in total. The highest BCUT2D eigenvalue weighted by atomic mass is 19.1. The SMILES string of the molecule is Cc1cc(NC(=O)c2c(C)c(C(=O)C(=O)NOC(=O)C3CCOCC3)n(C)c2C)ccc1F. The molecule has 0 spiro atoms. The molecule has 0 saturated carbocycles. The highest BCUT2D eigenvalue weighted by molar-refractivity contribution is 6.42. The van der Waals surface area contributed by atoms with Gasteiger partial charge >= 0.3 is 11.9 Å². The Labute approximate surface area is 190 Å². The summed E-state index contributed by atoms with van der Waals surface area (Å²) in [5, 5.41) is 2.68. The molecule has 1 aliphatic heterocycles. The number of Topliss-reactive ketones (excluding diaryl/α,β-unsaturated/α-hetero) is 1. The lowest BCUT2D eigenvalue weighted by atomic mass is 10.0. The minimum atomic E-state index is -1.12. The topological polar surface area (TPSA) is 116 Å². The molecule has 9 nitrogen and oxygen atoms in total. The van der Waals surface area contributed by atoms with E-state index in [4.69, 9.17) is 9.57 Å². The molecular weight excluding hydrogens is 433 g/mol. The second-order valence-corrected chi connectivity index (χ2v) is 7.98. The maximum absolute atomic E-state index is 13.5. The van der Waals surface area contributed by atoms with Crippen molar-refractivity contribution in [1.82, 2.24) is 10.0 Å². The van der Waals surface area contributed by atoms with Gasteiger partial charge in [-0.3, -0.25) is 14.4 Å². The number of amides is 2. The van der Waals surface area contributed by atoms with Crippen LogP contribution in [0.3, 0.4) is 0 Å². The summed E-state index contributed by atoms with van der Waals surface area (Å²) in [6.07, 6.45) is 0.954. The number of ketones is 1. The van der Waals surface area contributed by atoms with Gasteiger partial charge < -0.3 is 19.5 Å². The Hall–Kier alpha value is -3.53. The van der Waals surface area contributed by atoms with E-state index >= 15 is 0 Å². The van der Waals surface area contributed by atoms with E-state index in [0.717, 1.165) is 0 Å². The number of nitrogens with one attached hydrogen (secondary N) is 2. The van der Waals surface area contributed by atoms with Gasteiger partial charge in [-0.05, 0) is 62.9 Å². The quantitative estimate of drug-likeness (QED) is 0.403. The Kier molecular flexibility index (Phi) is 7.27. The Bertz CT molecular complexity index is 1120. The van der Waals surface area contributed by atoms with Crippen LogP contribution in [0, 0.1) is 32.5 Å². The zero-order valence-corrected chi connectivity index (χ0v) is 18.9. The van der Waals surface area contributed by atoms with Crippen LogP contribution >= 0.6 is 0 Å². The largest absolute Gasteiger partial charge is 0.381 e. The molecule has 2 heterocycles. The van der Waals surface area contributed by atoms with Gasteiger partial charge in [0.15, 0.2) is 0 Å². The molecule has 1 aromatic heterocycles. The fourth-order valence-electron chi connectivity index (χ4n) is 3.82. The number of benzene rings is 1. The van der Waals surface area contributed by atoms with Gasteiger partial charge in [0.1, 0.15) is 5.82 Å². The van der Waals surface area contributed by atoms with Crippen molar-refractivity contribution in [2.75, 3.05) is 18.5 Å². The molecule has 2 amide bonds. The molecule has 2 aromatic rings. The minimum Gasteiger partial charge on any atom is -0.381 e. The van der Waals surface area contributed by atoms with Gasteiger partial charge in [-0.2, -0.15) is 5.48 Å². The van der Waals surface area contributed by atoms with Crippen LogP contribution in [-0.4, -0.2) is 41.3 Å². The van der Waals surface area contributed by atoms with Gasteiger partial charge in [-0.15, -0.1) is 0 Å². The number of hydrogen-bond donors (Lipinski definition) is 2. The van der Waals surface area contributed by atoms with Crippen molar-refractivity contribution >= 4 is 29.3 Å². The number of rotatable bonds is 5. The van der Waals surface area contributed by atoms with Crippen molar-refractivity contribution in [3.63, 3.8) is 0 Å². The number of carbonyl (C=O) groups is 4. The zero-order valence-electron chi connectivity index (χ0n) is 18.9. The van der Waals surface area contributed by atoms with Gasteiger partial charge in [0.2, 0.25) is 0 Å². The highest BCUT2D eigenvalue weighted by Gasteiger charge is 2.30. The molecule has 10 heteroatoms. The number of hydrogen-bond acceptors (Lipinski definition) is 6. The molecule has 0 bridgehead atoms. The van der Waals surface area contributed by atoms with Crippen molar-refractivity contribution in [2.45, 2.75) is 33.6 Å². The van der Waals surface area contributed by atoms with Crippen molar-refractivity contribution in [2.24, 2.45) is 13.0 Å². The monoisotopic (exact) mass is 459 g/mol. The summed E-state index contributed by atoms with van der Waals surface area (Å²) in [6, 6.07) is 4.17. The van der Waals surface area contributed by atoms with Crippen molar-refractivity contribution in [3.05, 3.63) is 52.1 Å². The summed E-state index contributed by atoms with van der Waals surface area (Å²) in [5.41, 5.74) is 3.64. The van der Waals surface area contributed by atoms with E-state index in [-0.39, 0.29) is 11.3 Å². The van der Waals surface area contributed by atoms with Crippen LogP contribution in [0.1, 0.15) is 50.5 Å². The number of ether oxygens (including phenoxy) is 1. The molecule has 0 radical (unpaired) electrons. The molecule has 3 rings (SSSR count). The zero-order chi connectivity index (χ0) is 24.3. The van der Waals surface area contributed by atoms with Gasteiger partial charge in [0.25, 0.3) is 11.7 Å². The minimum absolute atomic E-state index is 0.00690. The van der Waals surface area contributed by atoms with Gasteiger partial charge in [0, 0.05) is 31.6 Å². The number of aryl methyl sites for hydroxylation is 1. The number of aromatic nitrogens is 1. The lowest BCUT2D eigenvalue weighted by molar-refractivity contribution is -0.163.